The first-order valence-corrected chi connectivity index (χ1v) is 9.02. The average molecular weight is 399 g/mol. The molecule has 3 aromatic rings. The summed E-state index contributed by atoms with van der Waals surface area (Å²) in [5.41, 5.74) is 0.757. The lowest BCUT2D eigenvalue weighted by atomic mass is 10.2. The van der Waals surface area contributed by atoms with Crippen LogP contribution in [0, 0.1) is 0 Å². The van der Waals surface area contributed by atoms with Crippen LogP contribution in [0.2, 0.25) is 5.02 Å². The Morgan fingerprint density at radius 3 is 2.79 bits per heavy atom. The van der Waals surface area contributed by atoms with Crippen molar-refractivity contribution in [3.8, 4) is 0 Å². The van der Waals surface area contributed by atoms with E-state index in [0.717, 1.165) is 11.1 Å². The number of carbonyl (C=O) groups excluding carboxylic acids is 2. The molecule has 1 amide bonds. The van der Waals surface area contributed by atoms with Crippen molar-refractivity contribution in [2.24, 2.45) is 0 Å². The first kappa shape index (κ1) is 18.1. The van der Waals surface area contributed by atoms with Crippen molar-refractivity contribution in [3.63, 3.8) is 0 Å². The highest BCUT2D eigenvalue weighted by atomic mass is 35.5. The van der Waals surface area contributed by atoms with E-state index in [1.807, 2.05) is 0 Å². The van der Waals surface area contributed by atoms with Gasteiger partial charge in [0, 0.05) is 13.0 Å². The molecule has 9 heteroatoms. The molecule has 0 radical (unpaired) electrons. The fourth-order valence-corrected chi connectivity index (χ4v) is 3.28. The molecule has 142 valence electrons. The van der Waals surface area contributed by atoms with E-state index in [9.17, 15) is 14.4 Å². The SMILES string of the molecule is O=C(OCn1nnc2ccccc2c1=O)c1ccc(Cl)c(N2CCCC2=O)c1. The van der Waals surface area contributed by atoms with E-state index >= 15 is 0 Å². The highest BCUT2D eigenvalue weighted by molar-refractivity contribution is 6.34. The topological polar surface area (TPSA) is 94.4 Å². The molecule has 0 saturated carbocycles. The molecule has 1 saturated heterocycles. The summed E-state index contributed by atoms with van der Waals surface area (Å²) >= 11 is 6.19. The summed E-state index contributed by atoms with van der Waals surface area (Å²) in [6.45, 7) is 0.176. The van der Waals surface area contributed by atoms with Crippen LogP contribution in [-0.4, -0.2) is 33.4 Å². The molecule has 8 nitrogen and oxygen atoms in total. The minimum Gasteiger partial charge on any atom is -0.439 e. The third-order valence-corrected chi connectivity index (χ3v) is 4.81. The molecule has 1 fully saturated rings. The monoisotopic (exact) mass is 398 g/mol. The molecule has 0 bridgehead atoms. The number of ether oxygens (including phenoxy) is 1. The summed E-state index contributed by atoms with van der Waals surface area (Å²) in [5.74, 6) is -0.697. The van der Waals surface area contributed by atoms with Crippen LogP contribution in [0.5, 0.6) is 0 Å². The number of hydrogen-bond acceptors (Lipinski definition) is 6. The van der Waals surface area contributed by atoms with E-state index in [4.69, 9.17) is 16.3 Å². The van der Waals surface area contributed by atoms with Crippen molar-refractivity contribution in [3.05, 3.63) is 63.4 Å². The zero-order valence-corrected chi connectivity index (χ0v) is 15.4. The predicted octanol–water partition coefficient (Wildman–Crippen LogP) is 2.39. The number of carbonyl (C=O) groups is 2. The van der Waals surface area contributed by atoms with Crippen LogP contribution in [0.25, 0.3) is 10.9 Å². The molecule has 0 N–H and O–H groups in total. The molecule has 2 aromatic carbocycles. The Labute approximate surface area is 164 Å². The summed E-state index contributed by atoms with van der Waals surface area (Å²) in [5, 5.41) is 8.48. The van der Waals surface area contributed by atoms with E-state index in [1.54, 1.807) is 35.2 Å². The standard InChI is InChI=1S/C19H15ClN4O4/c20-14-8-7-12(10-16(14)23-9-3-6-17(23)25)19(27)28-11-24-18(26)13-4-1-2-5-15(13)21-22-24/h1-2,4-5,7-8,10H,3,6,9,11H2. The van der Waals surface area contributed by atoms with Gasteiger partial charge in [0.1, 0.15) is 5.52 Å². The van der Waals surface area contributed by atoms with Crippen LogP contribution in [-0.2, 0) is 16.3 Å². The van der Waals surface area contributed by atoms with E-state index in [0.29, 0.717) is 34.6 Å². The van der Waals surface area contributed by atoms with Crippen molar-refractivity contribution >= 4 is 40.1 Å². The van der Waals surface area contributed by atoms with Crippen LogP contribution in [0.1, 0.15) is 23.2 Å². The summed E-state index contributed by atoms with van der Waals surface area (Å²) in [6.07, 6.45) is 1.20. The Morgan fingerprint density at radius 1 is 1.18 bits per heavy atom. The number of aromatic nitrogens is 3. The molecule has 0 atom stereocenters. The maximum atomic E-state index is 12.4. The van der Waals surface area contributed by atoms with Gasteiger partial charge in [-0.1, -0.05) is 28.9 Å². The van der Waals surface area contributed by atoms with Crippen molar-refractivity contribution in [2.75, 3.05) is 11.4 Å². The normalized spacial score (nSPS) is 13.9. The Bertz CT molecular complexity index is 1140. The number of esters is 1. The summed E-state index contributed by atoms with van der Waals surface area (Å²) < 4.78 is 6.18. The largest absolute Gasteiger partial charge is 0.439 e. The Morgan fingerprint density at radius 2 is 2.00 bits per heavy atom. The molecular formula is C19H15ClN4O4. The van der Waals surface area contributed by atoms with Crippen molar-refractivity contribution in [1.82, 2.24) is 15.0 Å². The lowest BCUT2D eigenvalue weighted by Crippen LogP contribution is -2.27. The Kier molecular flexibility index (Phi) is 4.79. The van der Waals surface area contributed by atoms with E-state index in [2.05, 4.69) is 10.3 Å². The number of hydrogen-bond donors (Lipinski definition) is 0. The minimum atomic E-state index is -0.661. The Balaban J connectivity index is 1.54. The van der Waals surface area contributed by atoms with Gasteiger partial charge in [-0.25, -0.2) is 4.79 Å². The molecule has 2 heterocycles. The van der Waals surface area contributed by atoms with Crippen LogP contribution >= 0.6 is 11.6 Å². The second kappa shape index (κ2) is 7.40. The van der Waals surface area contributed by atoms with E-state index in [1.165, 1.54) is 12.1 Å². The number of anilines is 1. The summed E-state index contributed by atoms with van der Waals surface area (Å²) in [4.78, 5) is 38.3. The molecular weight excluding hydrogens is 384 g/mol. The fraction of sp³-hybridized carbons (Fsp3) is 0.211. The van der Waals surface area contributed by atoms with Crippen LogP contribution < -0.4 is 10.5 Å². The van der Waals surface area contributed by atoms with Gasteiger partial charge in [0.15, 0.2) is 6.73 Å². The minimum absolute atomic E-state index is 0.0367. The molecule has 4 rings (SSSR count). The molecule has 1 aromatic heterocycles. The zero-order chi connectivity index (χ0) is 19.7. The lowest BCUT2D eigenvalue weighted by Gasteiger charge is -2.18. The number of nitrogens with zero attached hydrogens (tertiary/aromatic N) is 4. The second-order valence-electron chi connectivity index (χ2n) is 6.29. The number of rotatable bonds is 4. The molecule has 28 heavy (non-hydrogen) atoms. The highest BCUT2D eigenvalue weighted by Crippen LogP contribution is 2.30. The van der Waals surface area contributed by atoms with Gasteiger partial charge in [-0.15, -0.1) is 5.10 Å². The predicted molar refractivity (Wildman–Crippen MR) is 102 cm³/mol. The first-order valence-electron chi connectivity index (χ1n) is 8.64. The molecule has 0 spiro atoms. The van der Waals surface area contributed by atoms with Crippen molar-refractivity contribution < 1.29 is 14.3 Å². The maximum Gasteiger partial charge on any atom is 0.339 e. The second-order valence-corrected chi connectivity index (χ2v) is 6.69. The third kappa shape index (κ3) is 3.34. The molecule has 0 aliphatic carbocycles. The number of halogens is 1. The van der Waals surface area contributed by atoms with E-state index in [-0.39, 0.29) is 18.2 Å². The van der Waals surface area contributed by atoms with Gasteiger partial charge < -0.3 is 9.64 Å². The summed E-state index contributed by atoms with van der Waals surface area (Å²) in [6, 6.07) is 11.3. The molecule has 0 unspecified atom stereocenters. The van der Waals surface area contributed by atoms with Gasteiger partial charge in [0.05, 0.1) is 21.7 Å². The zero-order valence-electron chi connectivity index (χ0n) is 14.7. The van der Waals surface area contributed by atoms with Crippen molar-refractivity contribution in [2.45, 2.75) is 19.6 Å². The average Bonchev–Trinajstić information content (AvgIpc) is 3.13. The lowest BCUT2D eigenvalue weighted by molar-refractivity contribution is -0.117. The van der Waals surface area contributed by atoms with Crippen LogP contribution in [0.4, 0.5) is 5.69 Å². The molecule has 1 aliphatic rings. The highest BCUT2D eigenvalue weighted by Gasteiger charge is 2.24. The van der Waals surface area contributed by atoms with Gasteiger partial charge in [-0.3, -0.25) is 9.59 Å². The van der Waals surface area contributed by atoms with Crippen LogP contribution in [0.3, 0.4) is 0 Å². The van der Waals surface area contributed by atoms with Gasteiger partial charge in [0.25, 0.3) is 5.56 Å². The smallest absolute Gasteiger partial charge is 0.339 e. The first-order chi connectivity index (χ1) is 13.5. The van der Waals surface area contributed by atoms with Gasteiger partial charge in [-0.2, -0.15) is 4.68 Å². The van der Waals surface area contributed by atoms with Crippen LogP contribution in [0.15, 0.2) is 47.3 Å². The number of fused-ring (bicyclic) bond motifs is 1. The number of amides is 1. The van der Waals surface area contributed by atoms with Crippen molar-refractivity contribution in [1.29, 1.82) is 0 Å². The fourth-order valence-electron chi connectivity index (χ4n) is 3.06. The summed E-state index contributed by atoms with van der Waals surface area (Å²) in [7, 11) is 0. The van der Waals surface area contributed by atoms with Gasteiger partial charge >= 0.3 is 5.97 Å². The number of benzene rings is 2. The van der Waals surface area contributed by atoms with E-state index < -0.39 is 11.5 Å². The van der Waals surface area contributed by atoms with Gasteiger partial charge in [0.2, 0.25) is 5.91 Å². The quantitative estimate of drug-likeness (QED) is 0.626. The molecule has 1 aliphatic heterocycles. The van der Waals surface area contributed by atoms with Gasteiger partial charge in [-0.05, 0) is 36.8 Å². The maximum absolute atomic E-state index is 12.4. The third-order valence-electron chi connectivity index (χ3n) is 4.49. The Hall–Kier alpha value is -3.26.